The Bertz CT molecular complexity index is 311. The van der Waals surface area contributed by atoms with Crippen LogP contribution in [0.3, 0.4) is 0 Å². The van der Waals surface area contributed by atoms with E-state index in [0.717, 1.165) is 11.8 Å². The highest BCUT2D eigenvalue weighted by Gasteiger charge is 1.95. The maximum atomic E-state index is 5.66. The Hall–Kier alpha value is 0.540. The van der Waals surface area contributed by atoms with Crippen molar-refractivity contribution in [3.8, 4) is 0 Å². The maximum absolute atomic E-state index is 5.66. The first kappa shape index (κ1) is 46.0. The maximum Gasteiger partial charge on any atom is 0.0223 e. The molecule has 0 aromatic rings. The van der Waals surface area contributed by atoms with Crippen molar-refractivity contribution in [3.05, 3.63) is 0 Å². The van der Waals surface area contributed by atoms with Crippen LogP contribution >= 0.6 is 23.2 Å². The van der Waals surface area contributed by atoms with Gasteiger partial charge in [0.25, 0.3) is 0 Å². The third kappa shape index (κ3) is 56.9. The highest BCUT2D eigenvalue weighted by molar-refractivity contribution is 6.18. The SMILES string of the molecule is CCCCCCCCCCCCCCCCCCCl.CCCCCCCCCCCCCCCCCCCl.CNC. The summed E-state index contributed by atoms with van der Waals surface area (Å²) in [7, 11) is 3.75. The van der Waals surface area contributed by atoms with Crippen molar-refractivity contribution in [2.45, 2.75) is 219 Å². The molecule has 0 saturated heterocycles. The van der Waals surface area contributed by atoms with Gasteiger partial charge in [-0.25, -0.2) is 0 Å². The minimum absolute atomic E-state index is 0.846. The third-order valence-corrected chi connectivity index (χ3v) is 8.51. The third-order valence-electron chi connectivity index (χ3n) is 7.97. The number of hydrogen-bond donors (Lipinski definition) is 1. The number of rotatable bonds is 32. The number of halogens is 2. The van der Waals surface area contributed by atoms with Crippen LogP contribution in [0.5, 0.6) is 0 Å². The van der Waals surface area contributed by atoms with Gasteiger partial charge in [0, 0.05) is 11.8 Å². The lowest BCUT2D eigenvalue weighted by Gasteiger charge is -2.03. The second-order valence-corrected chi connectivity index (χ2v) is 13.2. The topological polar surface area (TPSA) is 12.0 Å². The Morgan fingerprint density at radius 1 is 0.268 bits per heavy atom. The molecule has 0 rings (SSSR count). The van der Waals surface area contributed by atoms with Gasteiger partial charge in [-0.2, -0.15) is 0 Å². The van der Waals surface area contributed by atoms with Gasteiger partial charge < -0.3 is 5.32 Å². The van der Waals surface area contributed by atoms with E-state index >= 15 is 0 Å². The van der Waals surface area contributed by atoms with Crippen LogP contribution in [0, 0.1) is 0 Å². The fourth-order valence-electron chi connectivity index (χ4n) is 5.29. The molecule has 0 atom stereocenters. The fourth-order valence-corrected chi connectivity index (χ4v) is 5.66. The number of nitrogens with one attached hydrogen (secondary N) is 1. The average molecular weight is 623 g/mol. The molecule has 0 unspecified atom stereocenters. The molecule has 0 bridgehead atoms. The zero-order chi connectivity index (χ0) is 30.7. The van der Waals surface area contributed by atoms with Crippen molar-refractivity contribution in [3.63, 3.8) is 0 Å². The fraction of sp³-hybridized carbons (Fsp3) is 1.00. The Labute approximate surface area is 272 Å². The van der Waals surface area contributed by atoms with Crippen molar-refractivity contribution in [1.82, 2.24) is 5.32 Å². The van der Waals surface area contributed by atoms with Crippen LogP contribution in [0.15, 0.2) is 0 Å². The molecule has 0 spiro atoms. The number of alkyl halides is 2. The van der Waals surface area contributed by atoms with Gasteiger partial charge in [-0.15, -0.1) is 23.2 Å². The molecule has 252 valence electrons. The molecule has 1 nitrogen and oxygen atoms in total. The van der Waals surface area contributed by atoms with E-state index in [1.807, 2.05) is 14.1 Å². The van der Waals surface area contributed by atoms with Gasteiger partial charge in [0.15, 0.2) is 0 Å². The Morgan fingerprint density at radius 2 is 0.390 bits per heavy atom. The molecule has 0 heterocycles. The first-order valence-corrected chi connectivity index (χ1v) is 20.0. The Morgan fingerprint density at radius 3 is 0.512 bits per heavy atom. The summed E-state index contributed by atoms with van der Waals surface area (Å²) in [6, 6.07) is 0. The van der Waals surface area contributed by atoms with Gasteiger partial charge in [0.2, 0.25) is 0 Å². The summed E-state index contributed by atoms with van der Waals surface area (Å²) in [6.07, 6.45) is 45.6. The first-order valence-electron chi connectivity index (χ1n) is 18.9. The number of hydrogen-bond acceptors (Lipinski definition) is 1. The molecule has 0 amide bonds. The monoisotopic (exact) mass is 622 g/mol. The van der Waals surface area contributed by atoms with Crippen LogP contribution in [0.2, 0.25) is 0 Å². The highest BCUT2D eigenvalue weighted by Crippen LogP contribution is 2.15. The van der Waals surface area contributed by atoms with Crippen molar-refractivity contribution >= 4 is 23.2 Å². The second-order valence-electron chi connectivity index (χ2n) is 12.5. The summed E-state index contributed by atoms with van der Waals surface area (Å²) in [5.74, 6) is 1.69. The molecule has 1 N–H and O–H groups in total. The molecular weight excluding hydrogens is 541 g/mol. The molecular formula is C38H81Cl2N. The molecule has 0 aliphatic heterocycles. The summed E-state index contributed by atoms with van der Waals surface area (Å²) in [5, 5.41) is 2.75. The Kier molecular flexibility index (Phi) is 56.3. The first-order chi connectivity index (χ1) is 20.2. The lowest BCUT2D eigenvalue weighted by molar-refractivity contribution is 0.531. The predicted molar refractivity (Wildman–Crippen MR) is 196 cm³/mol. The normalized spacial score (nSPS) is 10.7. The Balaban J connectivity index is -0.000000642. The van der Waals surface area contributed by atoms with E-state index in [9.17, 15) is 0 Å². The second kappa shape index (κ2) is 50.2. The van der Waals surface area contributed by atoms with Gasteiger partial charge in [-0.3, -0.25) is 0 Å². The van der Waals surface area contributed by atoms with Crippen LogP contribution in [0.4, 0.5) is 0 Å². The van der Waals surface area contributed by atoms with Crippen molar-refractivity contribution in [2.24, 2.45) is 0 Å². The van der Waals surface area contributed by atoms with Gasteiger partial charge in [-0.05, 0) is 26.9 Å². The van der Waals surface area contributed by atoms with E-state index in [1.54, 1.807) is 0 Å². The summed E-state index contributed by atoms with van der Waals surface area (Å²) >= 11 is 11.3. The molecule has 0 radical (unpaired) electrons. The van der Waals surface area contributed by atoms with Crippen LogP contribution in [-0.4, -0.2) is 25.9 Å². The van der Waals surface area contributed by atoms with Crippen molar-refractivity contribution < 1.29 is 0 Å². The smallest absolute Gasteiger partial charge is 0.0223 e. The largest absolute Gasteiger partial charge is 0.323 e. The minimum atomic E-state index is 0.846. The molecule has 0 saturated carbocycles. The van der Waals surface area contributed by atoms with Crippen LogP contribution in [0.1, 0.15) is 219 Å². The van der Waals surface area contributed by atoms with Gasteiger partial charge in [0.05, 0.1) is 0 Å². The molecule has 0 aliphatic carbocycles. The summed E-state index contributed by atoms with van der Waals surface area (Å²) in [5.41, 5.74) is 0. The predicted octanol–water partition coefficient (Wildman–Crippen LogP) is 14.8. The zero-order valence-electron chi connectivity index (χ0n) is 29.3. The van der Waals surface area contributed by atoms with Crippen LogP contribution in [0.25, 0.3) is 0 Å². The van der Waals surface area contributed by atoms with E-state index in [0.29, 0.717) is 0 Å². The molecule has 0 aromatic carbocycles. The minimum Gasteiger partial charge on any atom is -0.323 e. The summed E-state index contributed by atoms with van der Waals surface area (Å²) < 4.78 is 0. The quantitative estimate of drug-likeness (QED) is 0.0581. The summed E-state index contributed by atoms with van der Waals surface area (Å²) in [6.45, 7) is 4.58. The van der Waals surface area contributed by atoms with Gasteiger partial charge in [-0.1, -0.05) is 206 Å². The molecule has 0 aliphatic rings. The van der Waals surface area contributed by atoms with E-state index < -0.39 is 0 Å². The van der Waals surface area contributed by atoms with Crippen molar-refractivity contribution in [1.29, 1.82) is 0 Å². The highest BCUT2D eigenvalue weighted by atomic mass is 35.5. The van der Waals surface area contributed by atoms with E-state index in [2.05, 4.69) is 19.2 Å². The van der Waals surface area contributed by atoms with Crippen molar-refractivity contribution in [2.75, 3.05) is 25.9 Å². The molecule has 41 heavy (non-hydrogen) atoms. The van der Waals surface area contributed by atoms with E-state index in [1.165, 1.54) is 205 Å². The molecule has 0 aromatic heterocycles. The van der Waals surface area contributed by atoms with E-state index in [4.69, 9.17) is 23.2 Å². The molecule has 3 heteroatoms. The number of unbranched alkanes of at least 4 members (excludes halogenated alkanes) is 30. The van der Waals surface area contributed by atoms with Gasteiger partial charge in [0.1, 0.15) is 0 Å². The zero-order valence-corrected chi connectivity index (χ0v) is 30.8. The lowest BCUT2D eigenvalue weighted by Crippen LogP contribution is -1.89. The van der Waals surface area contributed by atoms with Crippen LogP contribution < -0.4 is 5.32 Å². The summed E-state index contributed by atoms with van der Waals surface area (Å²) in [4.78, 5) is 0. The standard InChI is InChI=1S/2C18H37Cl.C2H7N/c2*1-2-3-4-5-6-7-8-9-10-11-12-13-14-15-16-17-18-19;1-3-2/h2*2-18H2,1H3;3H,1-2H3. The van der Waals surface area contributed by atoms with E-state index in [-0.39, 0.29) is 0 Å². The van der Waals surface area contributed by atoms with Gasteiger partial charge >= 0.3 is 0 Å². The van der Waals surface area contributed by atoms with Crippen LogP contribution in [-0.2, 0) is 0 Å². The molecule has 0 fully saturated rings. The lowest BCUT2D eigenvalue weighted by atomic mass is 10.0. The average Bonchev–Trinajstić information content (AvgIpc) is 2.98.